The fraction of sp³-hybridized carbons (Fsp3) is 0.500. The quantitative estimate of drug-likeness (QED) is 0.795. The number of hydrogen-bond acceptors (Lipinski definition) is 3. The Kier molecular flexibility index (Phi) is 5.56. The SMILES string of the molecule is CCC(C)(C(=O)NCCc1ccc(Cl)s1)C(N)=S. The van der Waals surface area contributed by atoms with Crippen molar-refractivity contribution in [3.05, 3.63) is 21.3 Å². The molecule has 1 rings (SSSR count). The summed E-state index contributed by atoms with van der Waals surface area (Å²) in [7, 11) is 0. The van der Waals surface area contributed by atoms with E-state index in [1.807, 2.05) is 19.1 Å². The van der Waals surface area contributed by atoms with Crippen molar-refractivity contribution in [2.75, 3.05) is 6.54 Å². The Labute approximate surface area is 122 Å². The zero-order chi connectivity index (χ0) is 13.8. The summed E-state index contributed by atoms with van der Waals surface area (Å²) >= 11 is 12.3. The van der Waals surface area contributed by atoms with Gasteiger partial charge in [-0.1, -0.05) is 30.7 Å². The van der Waals surface area contributed by atoms with Crippen molar-refractivity contribution < 1.29 is 4.79 Å². The molecule has 18 heavy (non-hydrogen) atoms. The average molecular weight is 305 g/mol. The number of amides is 1. The van der Waals surface area contributed by atoms with E-state index in [0.717, 1.165) is 15.6 Å². The van der Waals surface area contributed by atoms with Crippen molar-refractivity contribution in [2.45, 2.75) is 26.7 Å². The van der Waals surface area contributed by atoms with Crippen molar-refractivity contribution in [3.63, 3.8) is 0 Å². The molecule has 0 radical (unpaired) electrons. The molecule has 1 aromatic heterocycles. The van der Waals surface area contributed by atoms with E-state index in [-0.39, 0.29) is 10.9 Å². The Morgan fingerprint density at radius 3 is 2.72 bits per heavy atom. The lowest BCUT2D eigenvalue weighted by molar-refractivity contribution is -0.126. The molecule has 3 nitrogen and oxygen atoms in total. The minimum absolute atomic E-state index is 0.111. The highest BCUT2D eigenvalue weighted by atomic mass is 35.5. The molecule has 0 spiro atoms. The second-order valence-corrected chi connectivity index (χ2v) is 6.50. The van der Waals surface area contributed by atoms with Gasteiger partial charge in [-0.25, -0.2) is 0 Å². The fourth-order valence-corrected chi connectivity index (χ4v) is 2.75. The van der Waals surface area contributed by atoms with Crippen LogP contribution in [0.3, 0.4) is 0 Å². The molecule has 1 heterocycles. The third kappa shape index (κ3) is 3.67. The summed E-state index contributed by atoms with van der Waals surface area (Å²) in [6.45, 7) is 4.23. The summed E-state index contributed by atoms with van der Waals surface area (Å²) in [5, 5.41) is 2.87. The Morgan fingerprint density at radius 1 is 1.61 bits per heavy atom. The molecule has 0 aromatic carbocycles. The maximum Gasteiger partial charge on any atom is 0.232 e. The first-order valence-electron chi connectivity index (χ1n) is 5.72. The lowest BCUT2D eigenvalue weighted by Crippen LogP contribution is -2.47. The van der Waals surface area contributed by atoms with Crippen molar-refractivity contribution in [1.82, 2.24) is 5.32 Å². The maximum absolute atomic E-state index is 12.0. The number of rotatable bonds is 6. The monoisotopic (exact) mass is 304 g/mol. The lowest BCUT2D eigenvalue weighted by Gasteiger charge is -2.25. The van der Waals surface area contributed by atoms with Crippen LogP contribution in [0.15, 0.2) is 12.1 Å². The highest BCUT2D eigenvalue weighted by Gasteiger charge is 2.34. The van der Waals surface area contributed by atoms with Crippen LogP contribution in [0.1, 0.15) is 25.1 Å². The Balaban J connectivity index is 2.48. The molecule has 0 bridgehead atoms. The lowest BCUT2D eigenvalue weighted by atomic mass is 9.86. The predicted octanol–water partition coefficient (Wildman–Crippen LogP) is 2.76. The van der Waals surface area contributed by atoms with Crippen LogP contribution in [-0.2, 0) is 11.2 Å². The van der Waals surface area contributed by atoms with Gasteiger partial charge in [0.2, 0.25) is 5.91 Å². The van der Waals surface area contributed by atoms with Crippen LogP contribution in [0.25, 0.3) is 0 Å². The molecule has 0 aliphatic carbocycles. The zero-order valence-electron chi connectivity index (χ0n) is 10.5. The first kappa shape index (κ1) is 15.4. The van der Waals surface area contributed by atoms with E-state index in [4.69, 9.17) is 29.6 Å². The molecule has 0 saturated heterocycles. The Bertz CT molecular complexity index is 447. The van der Waals surface area contributed by atoms with Gasteiger partial charge in [-0.2, -0.15) is 0 Å². The second-order valence-electron chi connectivity index (χ2n) is 4.26. The maximum atomic E-state index is 12.0. The number of thiocarbonyl (C=S) groups is 1. The van der Waals surface area contributed by atoms with Gasteiger partial charge in [0.05, 0.1) is 14.7 Å². The van der Waals surface area contributed by atoms with E-state index in [9.17, 15) is 4.79 Å². The summed E-state index contributed by atoms with van der Waals surface area (Å²) in [5.41, 5.74) is 4.86. The molecule has 0 aliphatic heterocycles. The van der Waals surface area contributed by atoms with Crippen LogP contribution in [-0.4, -0.2) is 17.4 Å². The number of hydrogen-bond donors (Lipinski definition) is 2. The number of thiophene rings is 1. The van der Waals surface area contributed by atoms with Gasteiger partial charge in [0.1, 0.15) is 0 Å². The van der Waals surface area contributed by atoms with Gasteiger partial charge in [0, 0.05) is 11.4 Å². The highest BCUT2D eigenvalue weighted by molar-refractivity contribution is 7.80. The van der Waals surface area contributed by atoms with Gasteiger partial charge in [0.25, 0.3) is 0 Å². The summed E-state index contributed by atoms with van der Waals surface area (Å²) in [6, 6.07) is 3.82. The van der Waals surface area contributed by atoms with Gasteiger partial charge in [-0.05, 0) is 31.9 Å². The topological polar surface area (TPSA) is 55.1 Å². The van der Waals surface area contributed by atoms with Crippen LogP contribution in [0.4, 0.5) is 0 Å². The first-order chi connectivity index (χ1) is 8.40. The van der Waals surface area contributed by atoms with Crippen LogP contribution in [0, 0.1) is 5.41 Å². The average Bonchev–Trinajstić information content (AvgIpc) is 2.73. The molecule has 1 amide bonds. The van der Waals surface area contributed by atoms with Crippen LogP contribution in [0.2, 0.25) is 4.34 Å². The van der Waals surface area contributed by atoms with Gasteiger partial charge in [-0.3, -0.25) is 4.79 Å². The molecule has 0 saturated carbocycles. The van der Waals surface area contributed by atoms with E-state index >= 15 is 0 Å². The molecule has 1 atom stereocenters. The minimum Gasteiger partial charge on any atom is -0.392 e. The van der Waals surface area contributed by atoms with Crippen molar-refractivity contribution in [2.24, 2.45) is 11.1 Å². The van der Waals surface area contributed by atoms with Gasteiger partial charge in [0.15, 0.2) is 0 Å². The van der Waals surface area contributed by atoms with Crippen LogP contribution in [0.5, 0.6) is 0 Å². The fourth-order valence-electron chi connectivity index (χ4n) is 1.43. The normalized spacial score (nSPS) is 13.9. The Hall–Kier alpha value is -0.650. The van der Waals surface area contributed by atoms with Crippen molar-refractivity contribution >= 4 is 46.1 Å². The molecule has 100 valence electrons. The molecule has 6 heteroatoms. The number of carbonyl (C=O) groups excluding carboxylic acids is 1. The largest absolute Gasteiger partial charge is 0.392 e. The molecular weight excluding hydrogens is 288 g/mol. The van der Waals surface area contributed by atoms with E-state index in [0.29, 0.717) is 13.0 Å². The molecule has 3 N–H and O–H groups in total. The van der Waals surface area contributed by atoms with Gasteiger partial charge < -0.3 is 11.1 Å². The summed E-state index contributed by atoms with van der Waals surface area (Å²) < 4.78 is 0.762. The summed E-state index contributed by atoms with van der Waals surface area (Å²) in [4.78, 5) is 13.4. The molecular formula is C12H17ClN2OS2. The van der Waals surface area contributed by atoms with E-state index in [1.54, 1.807) is 6.92 Å². The number of nitrogens with one attached hydrogen (secondary N) is 1. The second kappa shape index (κ2) is 6.50. The van der Waals surface area contributed by atoms with Crippen molar-refractivity contribution in [3.8, 4) is 0 Å². The molecule has 0 aliphatic rings. The Morgan fingerprint density at radius 2 is 2.28 bits per heavy atom. The smallest absolute Gasteiger partial charge is 0.232 e. The van der Waals surface area contributed by atoms with Crippen LogP contribution >= 0.6 is 35.2 Å². The number of halogens is 1. The third-order valence-corrected chi connectivity index (χ3v) is 4.78. The standard InChI is InChI=1S/C12H17ClN2OS2/c1-3-12(2,10(14)17)11(16)15-7-6-8-4-5-9(13)18-8/h4-5H,3,6-7H2,1-2H3,(H2,14,17)(H,15,16). The van der Waals surface area contributed by atoms with E-state index in [2.05, 4.69) is 5.32 Å². The molecule has 1 unspecified atom stereocenters. The molecule has 1 aromatic rings. The van der Waals surface area contributed by atoms with Gasteiger partial charge >= 0.3 is 0 Å². The third-order valence-electron chi connectivity index (χ3n) is 3.04. The zero-order valence-corrected chi connectivity index (χ0v) is 12.8. The van der Waals surface area contributed by atoms with E-state index in [1.165, 1.54) is 11.3 Å². The molecule has 0 fully saturated rings. The minimum atomic E-state index is -0.761. The van der Waals surface area contributed by atoms with Crippen molar-refractivity contribution in [1.29, 1.82) is 0 Å². The number of nitrogens with two attached hydrogens (primary N) is 1. The van der Waals surface area contributed by atoms with Crippen LogP contribution < -0.4 is 11.1 Å². The van der Waals surface area contributed by atoms with E-state index < -0.39 is 5.41 Å². The first-order valence-corrected chi connectivity index (χ1v) is 7.33. The summed E-state index contributed by atoms with van der Waals surface area (Å²) in [5.74, 6) is -0.111. The predicted molar refractivity (Wildman–Crippen MR) is 81.2 cm³/mol. The summed E-state index contributed by atoms with van der Waals surface area (Å²) in [6.07, 6.45) is 1.36. The van der Waals surface area contributed by atoms with Gasteiger partial charge in [-0.15, -0.1) is 11.3 Å². The highest BCUT2D eigenvalue weighted by Crippen LogP contribution is 2.23. The number of carbonyl (C=O) groups is 1.